The number of aliphatic hydroxyl groups excluding tert-OH is 1. The Morgan fingerprint density at radius 3 is 2.64 bits per heavy atom. The number of aliphatic hydroxyl groups is 2. The Hall–Kier alpha value is 0.140. The molecule has 2 unspecified atom stereocenters. The van der Waals surface area contributed by atoms with E-state index < -0.39 is 6.29 Å². The third kappa shape index (κ3) is 0.912. The second-order valence-electron chi connectivity index (χ2n) is 3.55. The second kappa shape index (κ2) is 2.31. The van der Waals surface area contributed by atoms with Crippen LogP contribution < -0.4 is 0 Å². The Labute approximate surface area is 74.0 Å². The SMILES string of the molecule is OC(O)C12CCC(C=C1Br)C2. The van der Waals surface area contributed by atoms with Gasteiger partial charge in [-0.3, -0.25) is 0 Å². The van der Waals surface area contributed by atoms with Crippen molar-refractivity contribution in [3.63, 3.8) is 0 Å². The summed E-state index contributed by atoms with van der Waals surface area (Å²) in [5.74, 6) is 0.575. The lowest BCUT2D eigenvalue weighted by atomic mass is 9.87. The van der Waals surface area contributed by atoms with E-state index in [2.05, 4.69) is 22.0 Å². The lowest BCUT2D eigenvalue weighted by Crippen LogP contribution is -2.31. The number of hydrogen-bond donors (Lipinski definition) is 2. The van der Waals surface area contributed by atoms with Crippen LogP contribution in [-0.2, 0) is 0 Å². The van der Waals surface area contributed by atoms with E-state index in [1.54, 1.807) is 0 Å². The summed E-state index contributed by atoms with van der Waals surface area (Å²) < 4.78 is 0.997. The number of hydrogen-bond acceptors (Lipinski definition) is 2. The fourth-order valence-electron chi connectivity index (χ4n) is 2.20. The molecule has 2 N–H and O–H groups in total. The van der Waals surface area contributed by atoms with E-state index in [0.717, 1.165) is 23.7 Å². The molecule has 2 aliphatic carbocycles. The fourth-order valence-corrected chi connectivity index (χ4v) is 3.14. The van der Waals surface area contributed by atoms with Crippen molar-refractivity contribution in [2.45, 2.75) is 25.6 Å². The molecule has 3 heteroatoms. The van der Waals surface area contributed by atoms with Crippen LogP contribution in [0.15, 0.2) is 10.6 Å². The molecular weight excluding hydrogens is 208 g/mol. The van der Waals surface area contributed by atoms with Gasteiger partial charge in [-0.15, -0.1) is 0 Å². The van der Waals surface area contributed by atoms with Gasteiger partial charge in [0.25, 0.3) is 0 Å². The fraction of sp³-hybridized carbons (Fsp3) is 0.750. The summed E-state index contributed by atoms with van der Waals surface area (Å²) in [4.78, 5) is 0. The Morgan fingerprint density at radius 1 is 1.64 bits per heavy atom. The summed E-state index contributed by atoms with van der Waals surface area (Å²) in [6, 6.07) is 0. The quantitative estimate of drug-likeness (QED) is 0.654. The summed E-state index contributed by atoms with van der Waals surface area (Å²) in [5.41, 5.74) is -0.343. The molecule has 1 fully saturated rings. The monoisotopic (exact) mass is 218 g/mol. The molecule has 2 atom stereocenters. The van der Waals surface area contributed by atoms with Gasteiger partial charge < -0.3 is 10.2 Å². The van der Waals surface area contributed by atoms with E-state index in [-0.39, 0.29) is 5.41 Å². The molecule has 2 nitrogen and oxygen atoms in total. The summed E-state index contributed by atoms with van der Waals surface area (Å²) in [6.45, 7) is 0. The van der Waals surface area contributed by atoms with Crippen molar-refractivity contribution in [3.8, 4) is 0 Å². The van der Waals surface area contributed by atoms with Crippen molar-refractivity contribution in [1.82, 2.24) is 0 Å². The van der Waals surface area contributed by atoms with Crippen molar-refractivity contribution < 1.29 is 10.2 Å². The van der Waals surface area contributed by atoms with Gasteiger partial charge in [-0.05, 0) is 25.2 Å². The molecule has 0 radical (unpaired) electrons. The first-order chi connectivity index (χ1) is 5.15. The van der Waals surface area contributed by atoms with E-state index >= 15 is 0 Å². The molecule has 0 spiro atoms. The van der Waals surface area contributed by atoms with Crippen LogP contribution in [0.4, 0.5) is 0 Å². The molecule has 2 bridgehead atoms. The summed E-state index contributed by atoms with van der Waals surface area (Å²) in [6.07, 6.45) is 3.84. The summed E-state index contributed by atoms with van der Waals surface area (Å²) in [7, 11) is 0. The lowest BCUT2D eigenvalue weighted by molar-refractivity contribution is -0.113. The summed E-state index contributed by atoms with van der Waals surface area (Å²) in [5, 5.41) is 18.4. The van der Waals surface area contributed by atoms with Crippen LogP contribution in [0, 0.1) is 11.3 Å². The highest BCUT2D eigenvalue weighted by atomic mass is 79.9. The first-order valence-electron chi connectivity index (χ1n) is 3.89. The average Bonchev–Trinajstić information content (AvgIpc) is 2.43. The molecule has 11 heavy (non-hydrogen) atoms. The molecule has 0 amide bonds. The Bertz CT molecular complexity index is 212. The van der Waals surface area contributed by atoms with E-state index in [1.807, 2.05) is 0 Å². The highest BCUT2D eigenvalue weighted by Crippen LogP contribution is 2.57. The third-order valence-electron chi connectivity index (χ3n) is 2.94. The highest BCUT2D eigenvalue weighted by Gasteiger charge is 2.50. The van der Waals surface area contributed by atoms with Crippen LogP contribution in [-0.4, -0.2) is 16.5 Å². The van der Waals surface area contributed by atoms with Crippen LogP contribution in [0.1, 0.15) is 19.3 Å². The minimum absolute atomic E-state index is 0.343. The van der Waals surface area contributed by atoms with Gasteiger partial charge in [-0.1, -0.05) is 22.0 Å². The zero-order valence-electron chi connectivity index (χ0n) is 6.13. The van der Waals surface area contributed by atoms with E-state index in [9.17, 15) is 10.2 Å². The smallest absolute Gasteiger partial charge is 0.161 e. The van der Waals surface area contributed by atoms with Crippen LogP contribution in [0.3, 0.4) is 0 Å². The van der Waals surface area contributed by atoms with Gasteiger partial charge in [0, 0.05) is 4.48 Å². The predicted octanol–water partition coefficient (Wildman–Crippen LogP) is 1.38. The lowest BCUT2D eigenvalue weighted by Gasteiger charge is -2.28. The van der Waals surface area contributed by atoms with Crippen molar-refractivity contribution in [2.24, 2.45) is 11.3 Å². The molecule has 2 aliphatic rings. The molecule has 0 aromatic heterocycles. The summed E-state index contributed by atoms with van der Waals surface area (Å²) >= 11 is 3.39. The van der Waals surface area contributed by atoms with Crippen LogP contribution >= 0.6 is 15.9 Å². The van der Waals surface area contributed by atoms with Crippen LogP contribution in [0.2, 0.25) is 0 Å². The van der Waals surface area contributed by atoms with Crippen molar-refractivity contribution in [3.05, 3.63) is 10.6 Å². The molecule has 1 saturated carbocycles. The largest absolute Gasteiger partial charge is 0.367 e. The Kier molecular flexibility index (Phi) is 1.63. The van der Waals surface area contributed by atoms with E-state index in [0.29, 0.717) is 5.92 Å². The van der Waals surface area contributed by atoms with Crippen molar-refractivity contribution in [1.29, 1.82) is 0 Å². The maximum Gasteiger partial charge on any atom is 0.161 e. The van der Waals surface area contributed by atoms with Crippen LogP contribution in [0.5, 0.6) is 0 Å². The molecular formula is C8H11BrO2. The molecule has 0 aromatic carbocycles. The van der Waals surface area contributed by atoms with Gasteiger partial charge in [0.05, 0.1) is 5.41 Å². The Morgan fingerprint density at radius 2 is 2.36 bits per heavy atom. The van der Waals surface area contributed by atoms with Crippen molar-refractivity contribution >= 4 is 15.9 Å². The number of fused-ring (bicyclic) bond motifs is 2. The maximum absolute atomic E-state index is 9.18. The molecule has 0 saturated heterocycles. The molecule has 62 valence electrons. The van der Waals surface area contributed by atoms with Gasteiger partial charge in [-0.2, -0.15) is 0 Å². The Balaban J connectivity index is 2.33. The number of rotatable bonds is 1. The van der Waals surface area contributed by atoms with Gasteiger partial charge in [0.15, 0.2) is 6.29 Å². The number of halogens is 1. The molecule has 0 aliphatic heterocycles. The molecule has 0 aromatic rings. The minimum atomic E-state index is -1.19. The highest BCUT2D eigenvalue weighted by molar-refractivity contribution is 9.11. The van der Waals surface area contributed by atoms with E-state index in [4.69, 9.17) is 0 Å². The normalized spacial score (nSPS) is 41.8. The third-order valence-corrected chi connectivity index (χ3v) is 3.99. The first kappa shape index (κ1) is 7.77. The zero-order chi connectivity index (χ0) is 8.06. The molecule has 2 rings (SSSR count). The van der Waals surface area contributed by atoms with Crippen LogP contribution in [0.25, 0.3) is 0 Å². The second-order valence-corrected chi connectivity index (χ2v) is 4.40. The van der Waals surface area contributed by atoms with Crippen molar-refractivity contribution in [2.75, 3.05) is 0 Å². The van der Waals surface area contributed by atoms with Gasteiger partial charge >= 0.3 is 0 Å². The first-order valence-corrected chi connectivity index (χ1v) is 4.68. The maximum atomic E-state index is 9.18. The van der Waals surface area contributed by atoms with Gasteiger partial charge in [-0.25, -0.2) is 0 Å². The topological polar surface area (TPSA) is 40.5 Å². The molecule has 0 heterocycles. The van der Waals surface area contributed by atoms with E-state index in [1.165, 1.54) is 0 Å². The van der Waals surface area contributed by atoms with Gasteiger partial charge in [0.2, 0.25) is 0 Å². The zero-order valence-corrected chi connectivity index (χ0v) is 7.71. The predicted molar refractivity (Wildman–Crippen MR) is 45.0 cm³/mol. The number of allylic oxidation sites excluding steroid dienone is 1. The average molecular weight is 219 g/mol. The standard InChI is InChI=1S/C8H11BrO2/c9-6-3-5-1-2-8(6,4-5)7(10)11/h3,5,7,10-11H,1-2,4H2. The van der Waals surface area contributed by atoms with Gasteiger partial charge in [0.1, 0.15) is 0 Å². The minimum Gasteiger partial charge on any atom is -0.367 e.